The molecule has 162 valence electrons. The first-order valence-electron chi connectivity index (χ1n) is 10.1. The molecule has 30 heavy (non-hydrogen) atoms. The van der Waals surface area contributed by atoms with Gasteiger partial charge in [0.05, 0.1) is 11.7 Å². The van der Waals surface area contributed by atoms with Gasteiger partial charge in [-0.1, -0.05) is 19.0 Å². The first-order valence-corrected chi connectivity index (χ1v) is 11.7. The predicted molar refractivity (Wildman–Crippen MR) is 108 cm³/mol. The van der Waals surface area contributed by atoms with Gasteiger partial charge in [0.25, 0.3) is 0 Å². The van der Waals surface area contributed by atoms with Crippen LogP contribution in [0, 0.1) is 11.7 Å². The maximum Gasteiger partial charge on any atom is 0.317 e. The van der Waals surface area contributed by atoms with Crippen LogP contribution in [0.5, 0.6) is 0 Å². The molecule has 10 heteroatoms. The molecular formula is C20H25FN4O4S. The third-order valence-electron chi connectivity index (χ3n) is 5.97. The van der Waals surface area contributed by atoms with Crippen LogP contribution in [-0.4, -0.2) is 59.6 Å². The molecular weight excluding hydrogens is 411 g/mol. The van der Waals surface area contributed by atoms with Crippen molar-refractivity contribution in [2.45, 2.75) is 37.4 Å². The van der Waals surface area contributed by atoms with Crippen LogP contribution in [0.4, 0.5) is 9.18 Å². The fourth-order valence-corrected chi connectivity index (χ4v) is 6.45. The maximum absolute atomic E-state index is 13.1. The van der Waals surface area contributed by atoms with E-state index in [1.807, 2.05) is 0 Å². The summed E-state index contributed by atoms with van der Waals surface area (Å²) in [7, 11) is -3.41. The van der Waals surface area contributed by atoms with Crippen LogP contribution in [0.25, 0.3) is 11.4 Å². The van der Waals surface area contributed by atoms with Gasteiger partial charge >= 0.3 is 6.03 Å². The van der Waals surface area contributed by atoms with Gasteiger partial charge in [0.2, 0.25) is 11.7 Å². The zero-order valence-electron chi connectivity index (χ0n) is 17.0. The van der Waals surface area contributed by atoms with Gasteiger partial charge < -0.3 is 14.7 Å². The Morgan fingerprint density at radius 2 is 2.03 bits per heavy atom. The molecule has 2 fully saturated rings. The molecule has 0 bridgehead atoms. The monoisotopic (exact) mass is 436 g/mol. The molecule has 1 aromatic carbocycles. The lowest BCUT2D eigenvalue weighted by atomic mass is 9.83. The van der Waals surface area contributed by atoms with Crippen molar-refractivity contribution in [2.24, 2.45) is 5.92 Å². The lowest BCUT2D eigenvalue weighted by Crippen LogP contribution is -2.69. The zero-order valence-corrected chi connectivity index (χ0v) is 17.8. The van der Waals surface area contributed by atoms with E-state index in [0.29, 0.717) is 24.4 Å². The largest absolute Gasteiger partial charge is 0.339 e. The van der Waals surface area contributed by atoms with Gasteiger partial charge in [-0.05, 0) is 43.0 Å². The number of carbonyl (C=O) groups excluding carboxylic acids is 1. The van der Waals surface area contributed by atoms with E-state index in [0.717, 1.165) is 6.42 Å². The molecule has 2 aromatic rings. The molecule has 2 aliphatic heterocycles. The standard InChI is InChI=1S/C20H25FN4O4S/c1-13(2)7-9-22-19(26)25-11-20(12-25)16(8-10-30(20,27)28)18-23-17(24-29-18)14-3-5-15(21)6-4-14/h3-6,13,16H,7-12H2,1-2H3,(H,22,26). The molecule has 1 unspecified atom stereocenters. The number of aromatic nitrogens is 2. The minimum Gasteiger partial charge on any atom is -0.339 e. The highest BCUT2D eigenvalue weighted by Crippen LogP contribution is 2.49. The predicted octanol–water partition coefficient (Wildman–Crippen LogP) is 2.59. The summed E-state index contributed by atoms with van der Waals surface area (Å²) in [4.78, 5) is 18.3. The van der Waals surface area contributed by atoms with E-state index in [9.17, 15) is 17.6 Å². The van der Waals surface area contributed by atoms with Crippen LogP contribution in [0.1, 0.15) is 38.5 Å². The van der Waals surface area contributed by atoms with Gasteiger partial charge in [0, 0.05) is 25.2 Å². The summed E-state index contributed by atoms with van der Waals surface area (Å²) < 4.78 is 43.2. The molecule has 0 aliphatic carbocycles. The van der Waals surface area contributed by atoms with Crippen LogP contribution >= 0.6 is 0 Å². The van der Waals surface area contributed by atoms with Crippen molar-refractivity contribution in [3.63, 3.8) is 0 Å². The highest BCUT2D eigenvalue weighted by Gasteiger charge is 2.64. The minimum absolute atomic E-state index is 0.0226. The summed E-state index contributed by atoms with van der Waals surface area (Å²) in [5, 5.41) is 6.79. The summed E-state index contributed by atoms with van der Waals surface area (Å²) in [5.41, 5.74) is 0.584. The number of urea groups is 1. The van der Waals surface area contributed by atoms with E-state index in [4.69, 9.17) is 4.52 Å². The molecule has 2 saturated heterocycles. The Morgan fingerprint density at radius 3 is 2.70 bits per heavy atom. The van der Waals surface area contributed by atoms with Crippen LogP contribution in [0.15, 0.2) is 28.8 Å². The number of rotatable bonds is 5. The van der Waals surface area contributed by atoms with Gasteiger partial charge in [-0.25, -0.2) is 17.6 Å². The third kappa shape index (κ3) is 3.57. The summed E-state index contributed by atoms with van der Waals surface area (Å²) >= 11 is 0. The van der Waals surface area contributed by atoms with Crippen molar-refractivity contribution in [1.29, 1.82) is 0 Å². The molecule has 1 spiro atoms. The molecule has 0 radical (unpaired) electrons. The van der Waals surface area contributed by atoms with Crippen LogP contribution < -0.4 is 5.32 Å². The Kier molecular flexibility index (Phi) is 5.29. The summed E-state index contributed by atoms with van der Waals surface area (Å²) in [5.74, 6) is 0.186. The van der Waals surface area contributed by atoms with Gasteiger partial charge in [-0.15, -0.1) is 0 Å². The SMILES string of the molecule is CC(C)CCNC(=O)N1CC2(C1)C(c1nc(-c3ccc(F)cc3)no1)CCS2(=O)=O. The summed E-state index contributed by atoms with van der Waals surface area (Å²) in [6.45, 7) is 4.93. The molecule has 2 aliphatic rings. The van der Waals surface area contributed by atoms with Gasteiger partial charge in [0.1, 0.15) is 10.6 Å². The molecule has 1 aromatic heterocycles. The van der Waals surface area contributed by atoms with Crippen molar-refractivity contribution in [3.8, 4) is 11.4 Å². The smallest absolute Gasteiger partial charge is 0.317 e. The first-order chi connectivity index (χ1) is 14.2. The number of amides is 2. The van der Waals surface area contributed by atoms with E-state index >= 15 is 0 Å². The van der Waals surface area contributed by atoms with Gasteiger partial charge in [0.15, 0.2) is 9.84 Å². The van der Waals surface area contributed by atoms with Crippen molar-refractivity contribution >= 4 is 15.9 Å². The average Bonchev–Trinajstić information content (AvgIpc) is 3.22. The summed E-state index contributed by atoms with van der Waals surface area (Å²) in [6.07, 6.45) is 1.23. The van der Waals surface area contributed by atoms with E-state index in [1.54, 1.807) is 0 Å². The lowest BCUT2D eigenvalue weighted by Gasteiger charge is -2.48. The maximum atomic E-state index is 13.1. The first kappa shape index (κ1) is 20.8. The zero-order chi connectivity index (χ0) is 21.5. The van der Waals surface area contributed by atoms with E-state index in [1.165, 1.54) is 29.2 Å². The fraction of sp³-hybridized carbons (Fsp3) is 0.550. The number of benzene rings is 1. The van der Waals surface area contributed by atoms with Crippen LogP contribution in [0.2, 0.25) is 0 Å². The Morgan fingerprint density at radius 1 is 1.33 bits per heavy atom. The number of hydrogen-bond donors (Lipinski definition) is 1. The van der Waals surface area contributed by atoms with Crippen molar-refractivity contribution in [3.05, 3.63) is 36.0 Å². The quantitative estimate of drug-likeness (QED) is 0.772. The molecule has 1 atom stereocenters. The Bertz CT molecular complexity index is 1030. The molecule has 2 amide bonds. The van der Waals surface area contributed by atoms with Crippen molar-refractivity contribution < 1.29 is 22.1 Å². The number of likely N-dealkylation sites (tertiary alicyclic amines) is 1. The second-order valence-electron chi connectivity index (χ2n) is 8.46. The molecule has 1 N–H and O–H groups in total. The Labute approximate surface area is 174 Å². The topological polar surface area (TPSA) is 105 Å². The van der Waals surface area contributed by atoms with Crippen LogP contribution in [-0.2, 0) is 9.84 Å². The Hall–Kier alpha value is -2.49. The highest BCUT2D eigenvalue weighted by molar-refractivity contribution is 7.93. The number of halogens is 1. The number of hydrogen-bond acceptors (Lipinski definition) is 6. The van der Waals surface area contributed by atoms with E-state index in [2.05, 4.69) is 29.3 Å². The highest BCUT2D eigenvalue weighted by atomic mass is 32.2. The molecule has 8 nitrogen and oxygen atoms in total. The number of carbonyl (C=O) groups is 1. The average molecular weight is 437 g/mol. The van der Waals surface area contributed by atoms with Crippen molar-refractivity contribution in [1.82, 2.24) is 20.4 Å². The van der Waals surface area contributed by atoms with E-state index < -0.39 is 20.5 Å². The van der Waals surface area contributed by atoms with Gasteiger partial charge in [-0.3, -0.25) is 0 Å². The van der Waals surface area contributed by atoms with Crippen LogP contribution in [0.3, 0.4) is 0 Å². The van der Waals surface area contributed by atoms with E-state index in [-0.39, 0.29) is 42.4 Å². The molecule has 3 heterocycles. The Balaban J connectivity index is 1.50. The second-order valence-corrected chi connectivity index (χ2v) is 10.9. The van der Waals surface area contributed by atoms with Crippen molar-refractivity contribution in [2.75, 3.05) is 25.4 Å². The second kappa shape index (κ2) is 7.64. The summed E-state index contributed by atoms with van der Waals surface area (Å²) in [6, 6.07) is 5.43. The normalized spacial score (nSPS) is 21.7. The fourth-order valence-electron chi connectivity index (χ4n) is 4.14. The number of nitrogens with zero attached hydrogens (tertiary/aromatic N) is 3. The minimum atomic E-state index is -3.41. The molecule has 4 rings (SSSR count). The van der Waals surface area contributed by atoms with Gasteiger partial charge in [-0.2, -0.15) is 4.98 Å². The third-order valence-corrected chi connectivity index (χ3v) is 8.53. The molecule has 0 saturated carbocycles. The number of nitrogens with one attached hydrogen (secondary N) is 1. The lowest BCUT2D eigenvalue weighted by molar-refractivity contribution is 0.116. The number of sulfone groups is 1.